The van der Waals surface area contributed by atoms with Crippen molar-refractivity contribution in [3.8, 4) is 5.75 Å². The number of benzene rings is 1. The van der Waals surface area contributed by atoms with Crippen molar-refractivity contribution in [3.63, 3.8) is 0 Å². The quantitative estimate of drug-likeness (QED) is 0.533. The predicted molar refractivity (Wildman–Crippen MR) is 124 cm³/mol. The van der Waals surface area contributed by atoms with Crippen LogP contribution in [0.15, 0.2) is 68.1 Å². The molecule has 0 saturated carbocycles. The summed E-state index contributed by atoms with van der Waals surface area (Å²) < 4.78 is 23.8. The van der Waals surface area contributed by atoms with E-state index in [0.717, 1.165) is 4.47 Å². The Morgan fingerprint density at radius 2 is 2.03 bits per heavy atom. The van der Waals surface area contributed by atoms with Crippen molar-refractivity contribution in [1.82, 2.24) is 0 Å². The van der Waals surface area contributed by atoms with E-state index in [4.69, 9.17) is 24.4 Å². The Kier molecular flexibility index (Phi) is 6.38. The van der Waals surface area contributed by atoms with Crippen molar-refractivity contribution in [2.24, 2.45) is 11.1 Å². The summed E-state index contributed by atoms with van der Waals surface area (Å²) in [4.78, 5) is 26.0. The summed E-state index contributed by atoms with van der Waals surface area (Å²) in [7, 11) is 0. The van der Waals surface area contributed by atoms with Crippen LogP contribution in [0.1, 0.15) is 51.1 Å². The molecule has 1 aromatic carbocycles. The van der Waals surface area contributed by atoms with Gasteiger partial charge in [-0.15, -0.1) is 0 Å². The lowest BCUT2D eigenvalue weighted by atomic mass is 9.71. The molecule has 4 rings (SSSR count). The Balaban J connectivity index is 1.68. The van der Waals surface area contributed by atoms with Crippen molar-refractivity contribution >= 4 is 27.7 Å². The largest absolute Gasteiger partial charge is 0.486 e. The first-order chi connectivity index (χ1) is 15.7. The maximum atomic E-state index is 13.2. The fourth-order valence-corrected chi connectivity index (χ4v) is 4.59. The van der Waals surface area contributed by atoms with Crippen molar-refractivity contribution in [2.75, 3.05) is 6.61 Å². The van der Waals surface area contributed by atoms with Gasteiger partial charge in [0, 0.05) is 22.9 Å². The second-order valence-electron chi connectivity index (χ2n) is 8.86. The highest BCUT2D eigenvalue weighted by Crippen LogP contribution is 2.48. The third kappa shape index (κ3) is 4.85. The summed E-state index contributed by atoms with van der Waals surface area (Å²) in [5, 5.41) is 0. The van der Waals surface area contributed by atoms with E-state index in [2.05, 4.69) is 15.9 Å². The maximum absolute atomic E-state index is 13.2. The summed E-state index contributed by atoms with van der Waals surface area (Å²) in [6.45, 7) is 6.05. The third-order valence-corrected chi connectivity index (χ3v) is 6.09. The van der Waals surface area contributed by atoms with Crippen molar-refractivity contribution < 1.29 is 28.2 Å². The van der Waals surface area contributed by atoms with Crippen LogP contribution in [0.5, 0.6) is 5.75 Å². The van der Waals surface area contributed by atoms with E-state index in [1.807, 2.05) is 38.1 Å². The van der Waals surface area contributed by atoms with E-state index in [9.17, 15) is 9.59 Å². The molecule has 0 saturated heterocycles. The predicted octanol–water partition coefficient (Wildman–Crippen LogP) is 5.11. The van der Waals surface area contributed by atoms with Gasteiger partial charge in [0.25, 0.3) is 0 Å². The van der Waals surface area contributed by atoms with Crippen LogP contribution in [0.3, 0.4) is 0 Å². The molecule has 0 fully saturated rings. The zero-order valence-corrected chi connectivity index (χ0v) is 20.4. The molecule has 1 aromatic heterocycles. The number of carbonyl (C=O) groups excluding carboxylic acids is 2. The zero-order chi connectivity index (χ0) is 23.8. The number of hydrogen-bond donors (Lipinski definition) is 1. The molecule has 0 amide bonds. The van der Waals surface area contributed by atoms with E-state index >= 15 is 0 Å². The summed E-state index contributed by atoms with van der Waals surface area (Å²) in [6, 6.07) is 11.0. The number of ketones is 1. The number of ether oxygens (including phenoxy) is 3. The van der Waals surface area contributed by atoms with Gasteiger partial charge in [-0.1, -0.05) is 35.8 Å². The van der Waals surface area contributed by atoms with Crippen molar-refractivity contribution in [1.29, 1.82) is 0 Å². The van der Waals surface area contributed by atoms with Crippen molar-refractivity contribution in [3.05, 3.63) is 75.2 Å². The first-order valence-corrected chi connectivity index (χ1v) is 11.6. The zero-order valence-electron chi connectivity index (χ0n) is 18.8. The topological polar surface area (TPSA) is 101 Å². The van der Waals surface area contributed by atoms with Crippen LogP contribution in [0.2, 0.25) is 0 Å². The average molecular weight is 516 g/mol. The maximum Gasteiger partial charge on any atom is 0.340 e. The minimum absolute atomic E-state index is 0.0639. The molecule has 8 heteroatoms. The Morgan fingerprint density at radius 3 is 2.76 bits per heavy atom. The van der Waals surface area contributed by atoms with Crippen LogP contribution in [-0.4, -0.2) is 18.4 Å². The Hall–Kier alpha value is -3.00. The third-order valence-electron chi connectivity index (χ3n) is 5.59. The van der Waals surface area contributed by atoms with Crippen LogP contribution in [0.25, 0.3) is 0 Å². The molecule has 7 nitrogen and oxygen atoms in total. The van der Waals surface area contributed by atoms with E-state index in [1.54, 1.807) is 19.1 Å². The highest BCUT2D eigenvalue weighted by molar-refractivity contribution is 9.10. The number of rotatable bonds is 6. The molecule has 1 atom stereocenters. The lowest BCUT2D eigenvalue weighted by molar-refractivity contribution is -0.139. The second-order valence-corrected chi connectivity index (χ2v) is 9.78. The van der Waals surface area contributed by atoms with Crippen LogP contribution in [-0.2, 0) is 25.7 Å². The van der Waals surface area contributed by atoms with Gasteiger partial charge in [-0.25, -0.2) is 4.79 Å². The summed E-state index contributed by atoms with van der Waals surface area (Å²) in [5.41, 5.74) is 6.39. The molecule has 174 valence electrons. The van der Waals surface area contributed by atoms with E-state index in [0.29, 0.717) is 41.4 Å². The average Bonchev–Trinajstić information content (AvgIpc) is 3.19. The van der Waals surface area contributed by atoms with Gasteiger partial charge in [-0.2, -0.15) is 0 Å². The van der Waals surface area contributed by atoms with Crippen LogP contribution in [0.4, 0.5) is 0 Å². The molecule has 2 aliphatic rings. The number of furan rings is 1. The lowest BCUT2D eigenvalue weighted by Crippen LogP contribution is -2.35. The Labute approximate surface area is 200 Å². The molecule has 2 aromatic rings. The minimum Gasteiger partial charge on any atom is -0.486 e. The molecule has 2 heterocycles. The minimum atomic E-state index is -0.795. The van der Waals surface area contributed by atoms with Gasteiger partial charge in [-0.3, -0.25) is 4.79 Å². The van der Waals surface area contributed by atoms with Crippen LogP contribution < -0.4 is 10.5 Å². The SMILES string of the molecule is CCOC(=O)C1=C(N)OC2=C(C(=O)CC(C)(C)C2)C1c1ccc(COc2cccc(Br)c2)o1. The normalized spacial score (nSPS) is 19.8. The summed E-state index contributed by atoms with van der Waals surface area (Å²) in [6.07, 6.45) is 0.863. The number of allylic oxidation sites excluding steroid dienone is 2. The Morgan fingerprint density at radius 1 is 1.24 bits per heavy atom. The second kappa shape index (κ2) is 9.09. The molecule has 1 aliphatic carbocycles. The summed E-state index contributed by atoms with van der Waals surface area (Å²) >= 11 is 3.42. The van der Waals surface area contributed by atoms with Gasteiger partial charge >= 0.3 is 5.97 Å². The molecule has 33 heavy (non-hydrogen) atoms. The van der Waals surface area contributed by atoms with Gasteiger partial charge < -0.3 is 24.4 Å². The fourth-order valence-electron chi connectivity index (χ4n) is 4.22. The molecule has 1 unspecified atom stereocenters. The molecule has 0 radical (unpaired) electrons. The standard InChI is InChI=1S/C25H26BrNO6/c1-4-30-24(29)22-21(20-17(28)11-25(2,3)12-19(20)33-23(22)27)18-9-8-16(32-18)13-31-15-7-5-6-14(26)10-15/h5-10,21H,4,11-13,27H2,1-3H3. The van der Waals surface area contributed by atoms with Gasteiger partial charge in [0.15, 0.2) is 5.78 Å². The van der Waals surface area contributed by atoms with Gasteiger partial charge in [0.2, 0.25) is 5.88 Å². The molecule has 0 bridgehead atoms. The number of halogens is 1. The monoisotopic (exact) mass is 515 g/mol. The number of carbonyl (C=O) groups is 2. The van der Waals surface area contributed by atoms with Crippen LogP contribution >= 0.6 is 15.9 Å². The summed E-state index contributed by atoms with van der Waals surface area (Å²) in [5.74, 6) is 0.537. The number of nitrogens with two attached hydrogens (primary N) is 1. The Bertz CT molecular complexity index is 1160. The van der Waals surface area contributed by atoms with E-state index in [-0.39, 0.29) is 35.9 Å². The van der Waals surface area contributed by atoms with Gasteiger partial charge in [-0.05, 0) is 42.7 Å². The van der Waals surface area contributed by atoms with Crippen molar-refractivity contribution in [2.45, 2.75) is 46.1 Å². The van der Waals surface area contributed by atoms with E-state index < -0.39 is 11.9 Å². The highest BCUT2D eigenvalue weighted by atomic mass is 79.9. The first kappa shape index (κ1) is 23.2. The molecule has 1 aliphatic heterocycles. The number of Topliss-reactive ketones (excluding diaryl/α,β-unsaturated/α-hetero) is 1. The number of esters is 1. The molecule has 0 spiro atoms. The fraction of sp³-hybridized carbons (Fsp3) is 0.360. The molecule has 2 N–H and O–H groups in total. The van der Waals surface area contributed by atoms with E-state index in [1.165, 1.54) is 0 Å². The molecular formula is C25H26BrNO6. The number of hydrogen-bond acceptors (Lipinski definition) is 7. The highest BCUT2D eigenvalue weighted by Gasteiger charge is 2.46. The lowest BCUT2D eigenvalue weighted by Gasteiger charge is -2.37. The molecular weight excluding hydrogens is 490 g/mol. The van der Waals surface area contributed by atoms with Crippen LogP contribution in [0, 0.1) is 5.41 Å². The first-order valence-electron chi connectivity index (χ1n) is 10.8. The smallest absolute Gasteiger partial charge is 0.340 e. The van der Waals surface area contributed by atoms with Gasteiger partial charge in [0.05, 0.1) is 12.5 Å². The van der Waals surface area contributed by atoms with Gasteiger partial charge in [0.1, 0.15) is 35.2 Å².